The van der Waals surface area contributed by atoms with Crippen LogP contribution in [0.25, 0.3) is 15.5 Å². The van der Waals surface area contributed by atoms with Crippen LogP contribution in [0.3, 0.4) is 0 Å². The highest BCUT2D eigenvalue weighted by atomic mass is 32.1. The Labute approximate surface area is 198 Å². The average molecular weight is 485 g/mol. The van der Waals surface area contributed by atoms with E-state index in [1.807, 2.05) is 38.1 Å². The van der Waals surface area contributed by atoms with Crippen LogP contribution in [0.4, 0.5) is 0 Å². The molecule has 0 aliphatic heterocycles. The van der Waals surface area contributed by atoms with Crippen molar-refractivity contribution in [1.82, 2.24) is 29.1 Å². The molecule has 0 spiro atoms. The normalized spacial score (nSPS) is 12.4. The minimum absolute atomic E-state index is 0.0569. The van der Waals surface area contributed by atoms with Crippen LogP contribution in [0.5, 0.6) is 5.75 Å². The van der Waals surface area contributed by atoms with Crippen molar-refractivity contribution in [1.29, 1.82) is 0 Å². The molecule has 0 amide bonds. The molecule has 0 N–H and O–H groups in total. The van der Waals surface area contributed by atoms with Crippen LogP contribution in [0.1, 0.15) is 32.4 Å². The van der Waals surface area contributed by atoms with Gasteiger partial charge < -0.3 is 9.47 Å². The smallest absolute Gasteiger partial charge is 0.332 e. The number of para-hydroxylation sites is 1. The van der Waals surface area contributed by atoms with Gasteiger partial charge in [0.05, 0.1) is 38.7 Å². The van der Waals surface area contributed by atoms with Crippen LogP contribution in [-0.4, -0.2) is 48.1 Å². The first-order valence-corrected chi connectivity index (χ1v) is 11.4. The second kappa shape index (κ2) is 9.69. The van der Waals surface area contributed by atoms with Gasteiger partial charge in [-0.1, -0.05) is 29.5 Å². The monoisotopic (exact) mass is 484 g/mol. The van der Waals surface area contributed by atoms with Gasteiger partial charge in [0.2, 0.25) is 5.13 Å². The highest BCUT2D eigenvalue weighted by Gasteiger charge is 2.25. The molecule has 3 aromatic heterocycles. The number of aromatic nitrogens is 6. The predicted molar refractivity (Wildman–Crippen MR) is 126 cm³/mol. The molecule has 0 aliphatic rings. The summed E-state index contributed by atoms with van der Waals surface area (Å²) in [4.78, 5) is 44.4. The van der Waals surface area contributed by atoms with Gasteiger partial charge in [-0.2, -0.15) is 10.2 Å². The van der Waals surface area contributed by atoms with Crippen molar-refractivity contribution in [2.75, 3.05) is 7.11 Å². The number of methoxy groups -OCH3 is 1. The summed E-state index contributed by atoms with van der Waals surface area (Å²) in [6.45, 7) is 4.82. The van der Waals surface area contributed by atoms with Crippen molar-refractivity contribution >= 4 is 27.5 Å². The number of fused-ring (bicyclic) bond motifs is 1. The van der Waals surface area contributed by atoms with Crippen molar-refractivity contribution in [3.05, 3.63) is 63.1 Å². The quantitative estimate of drug-likeness (QED) is 0.353. The number of ketones is 1. The molecule has 4 rings (SSSR count). The van der Waals surface area contributed by atoms with Crippen molar-refractivity contribution < 1.29 is 14.3 Å². The third-order valence-corrected chi connectivity index (χ3v) is 6.04. The van der Waals surface area contributed by atoms with Gasteiger partial charge in [0.25, 0.3) is 5.56 Å². The zero-order valence-electron chi connectivity index (χ0n) is 19.2. The number of rotatable bonds is 9. The van der Waals surface area contributed by atoms with Gasteiger partial charge >= 0.3 is 5.69 Å². The maximum atomic E-state index is 13.5. The molecular weight excluding hydrogens is 460 g/mol. The highest BCUT2D eigenvalue weighted by molar-refractivity contribution is 7.20. The first-order chi connectivity index (χ1) is 16.3. The molecule has 0 unspecified atom stereocenters. The Hall–Kier alpha value is -3.64. The second-order valence-corrected chi connectivity index (χ2v) is 8.83. The molecule has 0 saturated carbocycles. The molecule has 0 aliphatic carbocycles. The largest absolute Gasteiger partial charge is 0.496 e. The number of hydrogen-bond acceptors (Lipinski definition) is 9. The Morgan fingerprint density at radius 3 is 2.47 bits per heavy atom. The van der Waals surface area contributed by atoms with E-state index in [0.717, 1.165) is 21.5 Å². The highest BCUT2D eigenvalue weighted by Crippen LogP contribution is 2.31. The number of Topliss-reactive ketones (excluding diaryl/α,β-unsaturated/α-hetero) is 1. The maximum absolute atomic E-state index is 13.5. The van der Waals surface area contributed by atoms with E-state index in [1.165, 1.54) is 28.7 Å². The molecule has 12 heteroatoms. The van der Waals surface area contributed by atoms with E-state index in [2.05, 4.69) is 15.2 Å². The maximum Gasteiger partial charge on any atom is 0.332 e. The van der Waals surface area contributed by atoms with Crippen molar-refractivity contribution in [2.45, 2.75) is 46.1 Å². The standard InChI is InChI=1S/C22H24N6O5S/c1-13(2)33-17(15-7-5-6-8-16(15)32-4)12-27-20-18(19(30)26(22(27)31)11-14(3)29)25-21(34-20)28-23-9-10-24-28/h5-10,13,17H,11-12H2,1-4H3/t17-/m0/s1. The van der Waals surface area contributed by atoms with Crippen LogP contribution in [0, 0.1) is 0 Å². The van der Waals surface area contributed by atoms with Crippen molar-refractivity contribution in [2.24, 2.45) is 0 Å². The van der Waals surface area contributed by atoms with Gasteiger partial charge in [0, 0.05) is 5.56 Å². The lowest BCUT2D eigenvalue weighted by Gasteiger charge is -2.24. The molecule has 0 fully saturated rings. The molecular formula is C22H24N6O5S. The third kappa shape index (κ3) is 4.54. The Bertz CT molecular complexity index is 1440. The molecule has 11 nitrogen and oxygen atoms in total. The molecule has 1 aromatic carbocycles. The van der Waals surface area contributed by atoms with Crippen LogP contribution in [-0.2, 0) is 22.6 Å². The number of carbonyl (C=O) groups is 1. The summed E-state index contributed by atoms with van der Waals surface area (Å²) >= 11 is 1.11. The molecule has 3 heterocycles. The topological polar surface area (TPSA) is 123 Å². The number of nitrogens with zero attached hydrogens (tertiary/aromatic N) is 6. The summed E-state index contributed by atoms with van der Waals surface area (Å²) in [7, 11) is 1.56. The number of hydrogen-bond donors (Lipinski definition) is 0. The summed E-state index contributed by atoms with van der Waals surface area (Å²) < 4.78 is 14.0. The Balaban J connectivity index is 1.94. The van der Waals surface area contributed by atoms with Gasteiger partial charge in [-0.05, 0) is 26.8 Å². The first kappa shape index (κ1) is 23.5. The SMILES string of the molecule is COc1ccccc1[C@H](Cn1c(=O)n(CC(C)=O)c(=O)c2nc(-n3nccn3)sc21)OC(C)C. The minimum atomic E-state index is -0.639. The van der Waals surface area contributed by atoms with E-state index in [0.29, 0.717) is 15.7 Å². The lowest BCUT2D eigenvalue weighted by atomic mass is 10.1. The van der Waals surface area contributed by atoms with Gasteiger partial charge in [-0.15, -0.1) is 4.80 Å². The Kier molecular flexibility index (Phi) is 6.70. The van der Waals surface area contributed by atoms with Crippen molar-refractivity contribution in [3.8, 4) is 10.9 Å². The number of thiazole rings is 1. The molecule has 0 radical (unpaired) electrons. The molecule has 0 saturated heterocycles. The van der Waals surface area contributed by atoms with Crippen LogP contribution in [0.15, 0.2) is 46.2 Å². The average Bonchev–Trinajstić information content (AvgIpc) is 3.48. The van der Waals surface area contributed by atoms with E-state index >= 15 is 0 Å². The fourth-order valence-corrected chi connectivity index (χ4v) is 4.61. The number of carbonyl (C=O) groups excluding carboxylic acids is 1. The Morgan fingerprint density at radius 2 is 1.82 bits per heavy atom. The first-order valence-electron chi connectivity index (χ1n) is 10.6. The minimum Gasteiger partial charge on any atom is -0.496 e. The van der Waals surface area contributed by atoms with E-state index in [9.17, 15) is 14.4 Å². The summed E-state index contributed by atoms with van der Waals surface area (Å²) in [5.41, 5.74) is -0.452. The lowest BCUT2D eigenvalue weighted by Crippen LogP contribution is -2.42. The van der Waals surface area contributed by atoms with Gasteiger partial charge in [-0.25, -0.2) is 9.78 Å². The summed E-state index contributed by atoms with van der Waals surface area (Å²) in [5.74, 6) is 0.286. The molecule has 4 aromatic rings. The van der Waals surface area contributed by atoms with E-state index < -0.39 is 17.4 Å². The molecule has 1 atom stereocenters. The van der Waals surface area contributed by atoms with E-state index in [1.54, 1.807) is 7.11 Å². The zero-order chi connectivity index (χ0) is 24.4. The van der Waals surface area contributed by atoms with Crippen LogP contribution in [0.2, 0.25) is 0 Å². The van der Waals surface area contributed by atoms with Gasteiger partial charge in [0.15, 0.2) is 5.52 Å². The van der Waals surface area contributed by atoms with Crippen LogP contribution >= 0.6 is 11.3 Å². The zero-order valence-corrected chi connectivity index (χ0v) is 20.0. The van der Waals surface area contributed by atoms with Crippen LogP contribution < -0.4 is 16.0 Å². The summed E-state index contributed by atoms with van der Waals surface area (Å²) in [5, 5.41) is 8.46. The summed E-state index contributed by atoms with van der Waals surface area (Å²) in [6.07, 6.45) is 2.24. The van der Waals surface area contributed by atoms with Crippen molar-refractivity contribution in [3.63, 3.8) is 0 Å². The lowest BCUT2D eigenvalue weighted by molar-refractivity contribution is -0.117. The fourth-order valence-electron chi connectivity index (χ4n) is 3.64. The fraction of sp³-hybridized carbons (Fsp3) is 0.364. The third-order valence-electron chi connectivity index (χ3n) is 4.99. The molecule has 34 heavy (non-hydrogen) atoms. The number of ether oxygens (including phenoxy) is 2. The predicted octanol–water partition coefficient (Wildman–Crippen LogP) is 1.96. The Morgan fingerprint density at radius 1 is 1.12 bits per heavy atom. The molecule has 178 valence electrons. The van der Waals surface area contributed by atoms with E-state index in [-0.39, 0.29) is 30.5 Å². The summed E-state index contributed by atoms with van der Waals surface area (Å²) in [6, 6.07) is 7.39. The second-order valence-electron chi connectivity index (χ2n) is 7.87. The van der Waals surface area contributed by atoms with Gasteiger partial charge in [-0.3, -0.25) is 18.7 Å². The van der Waals surface area contributed by atoms with Gasteiger partial charge in [0.1, 0.15) is 22.5 Å². The van der Waals surface area contributed by atoms with E-state index in [4.69, 9.17) is 9.47 Å². The number of benzene rings is 1. The molecule has 0 bridgehead atoms.